The van der Waals surface area contributed by atoms with Gasteiger partial charge in [0.25, 0.3) is 0 Å². The fourth-order valence-corrected chi connectivity index (χ4v) is 2.89. The van der Waals surface area contributed by atoms with E-state index in [-0.39, 0.29) is 0 Å². The largest absolute Gasteiger partial charge is 0.444 e. The van der Waals surface area contributed by atoms with Crippen LogP contribution in [0.2, 0.25) is 0 Å². The second-order valence-electron chi connectivity index (χ2n) is 6.75. The van der Waals surface area contributed by atoms with Crippen LogP contribution < -0.4 is 10.6 Å². The van der Waals surface area contributed by atoms with E-state index < -0.39 is 0 Å². The zero-order chi connectivity index (χ0) is 17.4. The molecule has 0 aliphatic carbocycles. The van der Waals surface area contributed by atoms with Gasteiger partial charge < -0.3 is 20.0 Å². The Balaban J connectivity index is 1.71. The van der Waals surface area contributed by atoms with Crippen LogP contribution in [0.5, 0.6) is 0 Å². The second kappa shape index (κ2) is 9.67. The second-order valence-corrected chi connectivity index (χ2v) is 6.75. The lowest BCUT2D eigenvalue weighted by Gasteiger charge is -2.30. The van der Waals surface area contributed by atoms with Gasteiger partial charge in [0.05, 0.1) is 5.69 Å². The highest BCUT2D eigenvalue weighted by Gasteiger charge is 2.14. The Bertz CT molecular complexity index is 498. The van der Waals surface area contributed by atoms with Gasteiger partial charge in [-0.05, 0) is 65.6 Å². The molecule has 2 N–H and O–H groups in total. The number of aryl methyl sites for hydroxylation is 2. The van der Waals surface area contributed by atoms with Crippen LogP contribution in [-0.2, 0) is 6.54 Å². The van der Waals surface area contributed by atoms with Crippen molar-refractivity contribution in [1.29, 1.82) is 0 Å². The summed E-state index contributed by atoms with van der Waals surface area (Å²) in [5.74, 6) is 3.27. The van der Waals surface area contributed by atoms with Crippen LogP contribution in [0.3, 0.4) is 0 Å². The van der Waals surface area contributed by atoms with Crippen LogP contribution in [0, 0.1) is 19.8 Å². The van der Waals surface area contributed by atoms with Crippen molar-refractivity contribution >= 4 is 5.96 Å². The van der Waals surface area contributed by atoms with E-state index in [1.807, 2.05) is 13.8 Å². The molecule has 6 heteroatoms. The summed E-state index contributed by atoms with van der Waals surface area (Å²) in [5.41, 5.74) is 0.939. The average molecular weight is 335 g/mol. The molecule has 2 rings (SSSR count). The molecule has 1 aliphatic rings. The number of rotatable bonds is 7. The van der Waals surface area contributed by atoms with E-state index in [1.165, 1.54) is 25.9 Å². The molecule has 1 aromatic rings. The summed E-state index contributed by atoms with van der Waals surface area (Å²) in [4.78, 5) is 11.5. The Morgan fingerprint density at radius 3 is 2.67 bits per heavy atom. The summed E-state index contributed by atoms with van der Waals surface area (Å²) >= 11 is 0. The molecule has 1 aliphatic heterocycles. The number of aromatic nitrogens is 1. The smallest absolute Gasteiger partial charge is 0.216 e. The third-order valence-corrected chi connectivity index (χ3v) is 4.61. The van der Waals surface area contributed by atoms with Gasteiger partial charge in [0.2, 0.25) is 5.89 Å². The first-order valence-electron chi connectivity index (χ1n) is 9.26. The number of likely N-dealkylation sites (tertiary alicyclic amines) is 1. The zero-order valence-electron chi connectivity index (χ0n) is 15.7. The van der Waals surface area contributed by atoms with Crippen LogP contribution in [0.4, 0.5) is 0 Å². The van der Waals surface area contributed by atoms with Crippen molar-refractivity contribution in [3.63, 3.8) is 0 Å². The Labute approximate surface area is 146 Å². The van der Waals surface area contributed by atoms with Crippen LogP contribution >= 0.6 is 0 Å². The molecule has 0 aromatic carbocycles. The van der Waals surface area contributed by atoms with Crippen molar-refractivity contribution < 1.29 is 4.42 Å². The molecule has 0 radical (unpaired) electrons. The van der Waals surface area contributed by atoms with Gasteiger partial charge in [-0.1, -0.05) is 6.92 Å². The molecule has 1 fully saturated rings. The maximum Gasteiger partial charge on any atom is 0.216 e. The maximum atomic E-state index is 5.58. The van der Waals surface area contributed by atoms with Gasteiger partial charge in [0.1, 0.15) is 12.3 Å². The Morgan fingerprint density at radius 1 is 1.29 bits per heavy atom. The lowest BCUT2D eigenvalue weighted by molar-refractivity contribution is 0.191. The summed E-state index contributed by atoms with van der Waals surface area (Å²) < 4.78 is 5.58. The van der Waals surface area contributed by atoms with E-state index in [0.717, 1.165) is 49.4 Å². The van der Waals surface area contributed by atoms with E-state index in [2.05, 4.69) is 39.4 Å². The SMILES string of the molecule is CCNC(=NCc1nc(C)c(C)o1)NCCCN1CCC(C)CC1. The molecule has 0 saturated carbocycles. The molecule has 136 valence electrons. The number of nitrogens with one attached hydrogen (secondary N) is 2. The van der Waals surface area contributed by atoms with Crippen molar-refractivity contribution in [3.05, 3.63) is 17.3 Å². The van der Waals surface area contributed by atoms with E-state index in [1.54, 1.807) is 0 Å². The van der Waals surface area contributed by atoms with E-state index in [9.17, 15) is 0 Å². The maximum absolute atomic E-state index is 5.58. The van der Waals surface area contributed by atoms with Gasteiger partial charge in [0, 0.05) is 13.1 Å². The summed E-state index contributed by atoms with van der Waals surface area (Å²) in [6.07, 6.45) is 3.81. The minimum absolute atomic E-state index is 0.466. The zero-order valence-corrected chi connectivity index (χ0v) is 15.7. The quantitative estimate of drug-likeness (QED) is 0.455. The Kier molecular flexibility index (Phi) is 7.56. The molecule has 0 unspecified atom stereocenters. The van der Waals surface area contributed by atoms with Gasteiger partial charge in [-0.15, -0.1) is 0 Å². The minimum Gasteiger partial charge on any atom is -0.444 e. The molecule has 24 heavy (non-hydrogen) atoms. The van der Waals surface area contributed by atoms with Crippen molar-refractivity contribution in [2.24, 2.45) is 10.9 Å². The predicted octanol–water partition coefficient (Wildman–Crippen LogP) is 2.47. The number of nitrogens with zero attached hydrogens (tertiary/aromatic N) is 3. The number of oxazole rings is 1. The Morgan fingerprint density at radius 2 is 2.04 bits per heavy atom. The van der Waals surface area contributed by atoms with Crippen LogP contribution in [0.15, 0.2) is 9.41 Å². The van der Waals surface area contributed by atoms with Crippen molar-refractivity contribution in [3.8, 4) is 0 Å². The van der Waals surface area contributed by atoms with Crippen molar-refractivity contribution in [2.75, 3.05) is 32.7 Å². The molecular formula is C18H33N5O. The summed E-state index contributed by atoms with van der Waals surface area (Å²) in [7, 11) is 0. The van der Waals surface area contributed by atoms with Crippen molar-refractivity contribution in [2.45, 2.75) is 53.5 Å². The lowest BCUT2D eigenvalue weighted by Crippen LogP contribution is -2.39. The number of hydrogen-bond acceptors (Lipinski definition) is 4. The lowest BCUT2D eigenvalue weighted by atomic mass is 9.99. The third-order valence-electron chi connectivity index (χ3n) is 4.61. The molecule has 1 aromatic heterocycles. The normalized spacial score (nSPS) is 17.2. The van der Waals surface area contributed by atoms with E-state index >= 15 is 0 Å². The van der Waals surface area contributed by atoms with Gasteiger partial charge in [-0.2, -0.15) is 0 Å². The number of piperidine rings is 1. The first-order chi connectivity index (χ1) is 11.6. The van der Waals surface area contributed by atoms with Crippen LogP contribution in [-0.4, -0.2) is 48.6 Å². The summed E-state index contributed by atoms with van der Waals surface area (Å²) in [6, 6.07) is 0. The number of guanidine groups is 1. The highest BCUT2D eigenvalue weighted by molar-refractivity contribution is 5.79. The molecule has 0 spiro atoms. The highest BCUT2D eigenvalue weighted by Crippen LogP contribution is 2.15. The standard InChI is InChI=1S/C18H33N5O/c1-5-19-18(21-13-17-22-15(3)16(4)24-17)20-9-6-10-23-11-7-14(2)8-12-23/h14H,5-13H2,1-4H3,(H2,19,20,21). The summed E-state index contributed by atoms with van der Waals surface area (Å²) in [5, 5.41) is 6.68. The summed E-state index contributed by atoms with van der Waals surface area (Å²) in [6.45, 7) is 14.2. The van der Waals surface area contributed by atoms with E-state index in [4.69, 9.17) is 4.42 Å². The first-order valence-corrected chi connectivity index (χ1v) is 9.26. The van der Waals surface area contributed by atoms with Gasteiger partial charge >= 0.3 is 0 Å². The first kappa shape index (κ1) is 18.8. The highest BCUT2D eigenvalue weighted by atomic mass is 16.4. The predicted molar refractivity (Wildman–Crippen MR) is 98.3 cm³/mol. The topological polar surface area (TPSA) is 65.7 Å². The molecule has 1 saturated heterocycles. The number of aliphatic imine (C=N–C) groups is 1. The van der Waals surface area contributed by atoms with Gasteiger partial charge in [-0.25, -0.2) is 9.98 Å². The van der Waals surface area contributed by atoms with Crippen LogP contribution in [0.1, 0.15) is 50.5 Å². The van der Waals surface area contributed by atoms with Crippen LogP contribution in [0.25, 0.3) is 0 Å². The third kappa shape index (κ3) is 6.15. The fraction of sp³-hybridized carbons (Fsp3) is 0.778. The molecule has 0 amide bonds. The molecular weight excluding hydrogens is 302 g/mol. The van der Waals surface area contributed by atoms with Gasteiger partial charge in [-0.3, -0.25) is 0 Å². The molecule has 0 bridgehead atoms. The molecule has 0 atom stereocenters. The molecule has 6 nitrogen and oxygen atoms in total. The fourth-order valence-electron chi connectivity index (χ4n) is 2.89. The minimum atomic E-state index is 0.466. The number of hydrogen-bond donors (Lipinski definition) is 2. The van der Waals surface area contributed by atoms with E-state index in [0.29, 0.717) is 12.4 Å². The monoisotopic (exact) mass is 335 g/mol. The average Bonchev–Trinajstić information content (AvgIpc) is 2.89. The van der Waals surface area contributed by atoms with Crippen molar-refractivity contribution in [1.82, 2.24) is 20.5 Å². The van der Waals surface area contributed by atoms with Gasteiger partial charge in [0.15, 0.2) is 5.96 Å². The molecule has 2 heterocycles. The Hall–Kier alpha value is -1.56.